The van der Waals surface area contributed by atoms with Gasteiger partial charge >= 0.3 is 6.03 Å². The van der Waals surface area contributed by atoms with E-state index in [9.17, 15) is 4.79 Å². The van der Waals surface area contributed by atoms with Crippen LogP contribution in [0.2, 0.25) is 5.02 Å². The van der Waals surface area contributed by atoms with Crippen molar-refractivity contribution in [3.63, 3.8) is 0 Å². The minimum Gasteiger partial charge on any atom is -0.339 e. The molecule has 3 aromatic rings. The zero-order chi connectivity index (χ0) is 19.5. The standard InChI is InChI=1S/C20H18BrClN4O2/c21-15-8-6-13(7-9-15)18-24-19(28-25-18)14-3-2-10-26(12-14)20(27)23-17-5-1-4-16(22)11-17/h1,4-9,11,14H,2-3,10,12H2,(H,23,27). The number of urea groups is 1. The first kappa shape index (κ1) is 19.0. The topological polar surface area (TPSA) is 71.3 Å². The van der Waals surface area contributed by atoms with E-state index in [1.54, 1.807) is 23.1 Å². The molecule has 1 atom stereocenters. The van der Waals surface area contributed by atoms with Gasteiger partial charge in [0.1, 0.15) is 0 Å². The number of halogens is 2. The molecule has 0 bridgehead atoms. The van der Waals surface area contributed by atoms with Gasteiger partial charge in [0.15, 0.2) is 0 Å². The van der Waals surface area contributed by atoms with Gasteiger partial charge < -0.3 is 14.7 Å². The Bertz CT molecular complexity index is 976. The van der Waals surface area contributed by atoms with Crippen LogP contribution in [0.4, 0.5) is 10.5 Å². The Labute approximate surface area is 176 Å². The highest BCUT2D eigenvalue weighted by Crippen LogP contribution is 2.28. The molecular formula is C20H18BrClN4O2. The number of nitrogens with zero attached hydrogens (tertiary/aromatic N) is 3. The van der Waals surface area contributed by atoms with Crippen molar-refractivity contribution in [2.45, 2.75) is 18.8 Å². The van der Waals surface area contributed by atoms with E-state index in [1.807, 2.05) is 30.3 Å². The summed E-state index contributed by atoms with van der Waals surface area (Å²) in [4.78, 5) is 18.9. The molecular weight excluding hydrogens is 444 g/mol. The molecule has 1 aliphatic heterocycles. The minimum absolute atomic E-state index is 0.0237. The van der Waals surface area contributed by atoms with E-state index in [2.05, 4.69) is 31.4 Å². The van der Waals surface area contributed by atoms with Crippen molar-refractivity contribution in [1.82, 2.24) is 15.0 Å². The number of benzene rings is 2. The number of amides is 2. The average molecular weight is 462 g/mol. The molecule has 28 heavy (non-hydrogen) atoms. The normalized spacial score (nSPS) is 16.8. The monoisotopic (exact) mass is 460 g/mol. The Hall–Kier alpha value is -2.38. The summed E-state index contributed by atoms with van der Waals surface area (Å²) in [5.74, 6) is 1.15. The number of carbonyl (C=O) groups excluding carboxylic acids is 1. The summed E-state index contributed by atoms with van der Waals surface area (Å²) < 4.78 is 6.50. The van der Waals surface area contributed by atoms with Crippen LogP contribution in [0.15, 0.2) is 57.5 Å². The number of nitrogens with one attached hydrogen (secondary N) is 1. The fourth-order valence-corrected chi connectivity index (χ4v) is 3.70. The number of aromatic nitrogens is 2. The van der Waals surface area contributed by atoms with E-state index in [1.165, 1.54) is 0 Å². The Kier molecular flexibility index (Phi) is 5.64. The van der Waals surface area contributed by atoms with Crippen molar-refractivity contribution >= 4 is 39.2 Å². The largest absolute Gasteiger partial charge is 0.339 e. The van der Waals surface area contributed by atoms with Crippen molar-refractivity contribution in [3.8, 4) is 11.4 Å². The van der Waals surface area contributed by atoms with Crippen LogP contribution in [0.5, 0.6) is 0 Å². The third kappa shape index (κ3) is 4.36. The Morgan fingerprint density at radius 3 is 2.86 bits per heavy atom. The van der Waals surface area contributed by atoms with Crippen LogP contribution in [0.3, 0.4) is 0 Å². The molecule has 0 radical (unpaired) electrons. The second-order valence-electron chi connectivity index (χ2n) is 6.69. The third-order valence-electron chi connectivity index (χ3n) is 4.68. The van der Waals surface area contributed by atoms with Crippen LogP contribution in [-0.2, 0) is 0 Å². The van der Waals surface area contributed by atoms with Gasteiger partial charge in [-0.05, 0) is 55.3 Å². The lowest BCUT2D eigenvalue weighted by molar-refractivity contribution is 0.184. The number of likely N-dealkylation sites (tertiary alicyclic amines) is 1. The van der Waals surface area contributed by atoms with Crippen LogP contribution in [0.25, 0.3) is 11.4 Å². The lowest BCUT2D eigenvalue weighted by Crippen LogP contribution is -2.41. The van der Waals surface area contributed by atoms with E-state index in [0.29, 0.717) is 35.5 Å². The van der Waals surface area contributed by atoms with Gasteiger partial charge in [-0.2, -0.15) is 4.98 Å². The molecule has 1 saturated heterocycles. The van der Waals surface area contributed by atoms with Crippen molar-refractivity contribution in [1.29, 1.82) is 0 Å². The van der Waals surface area contributed by atoms with E-state index in [0.717, 1.165) is 22.9 Å². The predicted octanol–water partition coefficient (Wildman–Crippen LogP) is 5.56. The van der Waals surface area contributed by atoms with E-state index >= 15 is 0 Å². The van der Waals surface area contributed by atoms with Crippen molar-refractivity contribution in [2.24, 2.45) is 0 Å². The van der Waals surface area contributed by atoms with E-state index in [4.69, 9.17) is 16.1 Å². The number of hydrogen-bond donors (Lipinski definition) is 1. The summed E-state index contributed by atoms with van der Waals surface area (Å²) >= 11 is 9.40. The van der Waals surface area contributed by atoms with Gasteiger partial charge in [0.25, 0.3) is 0 Å². The molecule has 1 aromatic heterocycles. The molecule has 0 spiro atoms. The highest BCUT2D eigenvalue weighted by molar-refractivity contribution is 9.10. The first-order chi connectivity index (χ1) is 13.6. The van der Waals surface area contributed by atoms with Crippen molar-refractivity contribution < 1.29 is 9.32 Å². The van der Waals surface area contributed by atoms with Crippen molar-refractivity contribution in [2.75, 3.05) is 18.4 Å². The summed E-state index contributed by atoms with van der Waals surface area (Å²) in [6.07, 6.45) is 1.78. The lowest BCUT2D eigenvalue weighted by Gasteiger charge is -2.31. The van der Waals surface area contributed by atoms with E-state index in [-0.39, 0.29) is 11.9 Å². The molecule has 1 aliphatic rings. The Balaban J connectivity index is 1.43. The van der Waals surface area contributed by atoms with Gasteiger partial charge in [0.05, 0.1) is 5.92 Å². The highest BCUT2D eigenvalue weighted by atomic mass is 79.9. The predicted molar refractivity (Wildman–Crippen MR) is 111 cm³/mol. The van der Waals surface area contributed by atoms with Crippen LogP contribution in [0.1, 0.15) is 24.7 Å². The SMILES string of the molecule is O=C(Nc1cccc(Cl)c1)N1CCCC(c2nc(-c3ccc(Br)cc3)no2)C1. The van der Waals surface area contributed by atoms with Crippen LogP contribution >= 0.6 is 27.5 Å². The molecule has 4 rings (SSSR count). The molecule has 0 saturated carbocycles. The molecule has 1 N–H and O–H groups in total. The lowest BCUT2D eigenvalue weighted by atomic mass is 9.98. The molecule has 1 fully saturated rings. The smallest absolute Gasteiger partial charge is 0.321 e. The molecule has 8 heteroatoms. The van der Waals surface area contributed by atoms with Crippen LogP contribution in [-0.4, -0.2) is 34.2 Å². The van der Waals surface area contributed by atoms with Gasteiger partial charge in [-0.3, -0.25) is 0 Å². The second kappa shape index (κ2) is 8.32. The van der Waals surface area contributed by atoms with Crippen LogP contribution < -0.4 is 5.32 Å². The fraction of sp³-hybridized carbons (Fsp3) is 0.250. The zero-order valence-corrected chi connectivity index (χ0v) is 17.3. The first-order valence-electron chi connectivity index (χ1n) is 8.99. The summed E-state index contributed by atoms with van der Waals surface area (Å²) in [7, 11) is 0. The number of piperidine rings is 1. The maximum Gasteiger partial charge on any atom is 0.321 e. The maximum absolute atomic E-state index is 12.6. The van der Waals surface area contributed by atoms with Gasteiger partial charge in [0.2, 0.25) is 11.7 Å². The van der Waals surface area contributed by atoms with Gasteiger partial charge in [0, 0.05) is 33.8 Å². The molecule has 0 aliphatic carbocycles. The minimum atomic E-state index is -0.153. The van der Waals surface area contributed by atoms with Gasteiger partial charge in [-0.15, -0.1) is 0 Å². The summed E-state index contributed by atoms with van der Waals surface area (Å²) in [6.45, 7) is 1.23. The molecule has 6 nitrogen and oxygen atoms in total. The Morgan fingerprint density at radius 1 is 1.25 bits per heavy atom. The molecule has 1 unspecified atom stereocenters. The van der Waals surface area contributed by atoms with Gasteiger partial charge in [-0.1, -0.05) is 38.8 Å². The number of rotatable bonds is 3. The maximum atomic E-state index is 12.6. The quantitative estimate of drug-likeness (QED) is 0.554. The van der Waals surface area contributed by atoms with Gasteiger partial charge in [-0.25, -0.2) is 4.79 Å². The summed E-state index contributed by atoms with van der Waals surface area (Å²) in [5, 5.41) is 7.58. The number of anilines is 1. The average Bonchev–Trinajstić information content (AvgIpc) is 3.19. The summed E-state index contributed by atoms with van der Waals surface area (Å²) in [5.41, 5.74) is 1.57. The number of hydrogen-bond acceptors (Lipinski definition) is 4. The Morgan fingerprint density at radius 2 is 2.07 bits per heavy atom. The van der Waals surface area contributed by atoms with Crippen molar-refractivity contribution in [3.05, 3.63) is 63.9 Å². The molecule has 144 valence electrons. The fourth-order valence-electron chi connectivity index (χ4n) is 3.25. The third-order valence-corrected chi connectivity index (χ3v) is 5.44. The van der Waals surface area contributed by atoms with Crippen LogP contribution in [0, 0.1) is 0 Å². The molecule has 2 aromatic carbocycles. The van der Waals surface area contributed by atoms with E-state index < -0.39 is 0 Å². The second-order valence-corrected chi connectivity index (χ2v) is 8.04. The zero-order valence-electron chi connectivity index (χ0n) is 14.9. The molecule has 2 amide bonds. The summed E-state index contributed by atoms with van der Waals surface area (Å²) in [6, 6.07) is 14.7. The molecule has 2 heterocycles. The first-order valence-corrected chi connectivity index (χ1v) is 10.2. The number of carbonyl (C=O) groups is 1. The highest BCUT2D eigenvalue weighted by Gasteiger charge is 2.28.